The lowest BCUT2D eigenvalue weighted by Gasteiger charge is -2.19. The van der Waals surface area contributed by atoms with Gasteiger partial charge in [-0.3, -0.25) is 4.79 Å². The highest BCUT2D eigenvalue weighted by atomic mass is 16.5. The molecule has 2 aromatic rings. The Bertz CT molecular complexity index is 650. The van der Waals surface area contributed by atoms with Gasteiger partial charge in [0, 0.05) is 0 Å². The summed E-state index contributed by atoms with van der Waals surface area (Å²) < 4.78 is 5.87. The average Bonchev–Trinajstić information content (AvgIpc) is 2.55. The number of amides is 1. The summed E-state index contributed by atoms with van der Waals surface area (Å²) >= 11 is 0. The molecule has 0 saturated carbocycles. The summed E-state index contributed by atoms with van der Waals surface area (Å²) in [5, 5.41) is 2.92. The maximum absolute atomic E-state index is 12.2. The Morgan fingerprint density at radius 1 is 1.08 bits per heavy atom. The van der Waals surface area contributed by atoms with Crippen LogP contribution in [-0.2, 0) is 11.2 Å². The average molecular weight is 326 g/mol. The number of nitrogens with one attached hydrogen (secondary N) is 1. The molecule has 0 spiro atoms. The quantitative estimate of drug-likeness (QED) is 0.822. The van der Waals surface area contributed by atoms with Crippen LogP contribution in [0.15, 0.2) is 48.5 Å². The van der Waals surface area contributed by atoms with E-state index in [0.717, 1.165) is 22.4 Å². The zero-order chi connectivity index (χ0) is 17.5. The van der Waals surface area contributed by atoms with Crippen LogP contribution in [0.4, 0.5) is 0 Å². The Morgan fingerprint density at radius 2 is 1.71 bits per heavy atom. The molecule has 1 amide bonds. The topological polar surface area (TPSA) is 64.3 Å². The first kappa shape index (κ1) is 18.0. The highest BCUT2D eigenvalue weighted by Crippen LogP contribution is 2.22. The van der Waals surface area contributed by atoms with Gasteiger partial charge in [-0.2, -0.15) is 0 Å². The van der Waals surface area contributed by atoms with E-state index in [0.29, 0.717) is 13.0 Å². The number of hydrogen-bond acceptors (Lipinski definition) is 3. The number of hydrogen-bond donors (Lipinski definition) is 2. The van der Waals surface area contributed by atoms with Crippen molar-refractivity contribution in [2.45, 2.75) is 39.3 Å². The van der Waals surface area contributed by atoms with Crippen LogP contribution < -0.4 is 15.8 Å². The minimum Gasteiger partial charge on any atom is -0.491 e. The molecular weight excluding hydrogens is 300 g/mol. The molecule has 0 aliphatic carbocycles. The summed E-state index contributed by atoms with van der Waals surface area (Å²) in [6, 6.07) is 15.1. The third-order valence-electron chi connectivity index (χ3n) is 3.91. The van der Waals surface area contributed by atoms with Crippen molar-refractivity contribution in [3.63, 3.8) is 0 Å². The fraction of sp³-hybridized carbons (Fsp3) is 0.350. The number of carbonyl (C=O) groups excluding carboxylic acids is 1. The first-order chi connectivity index (χ1) is 11.5. The van der Waals surface area contributed by atoms with E-state index < -0.39 is 6.04 Å². The molecule has 0 aliphatic rings. The van der Waals surface area contributed by atoms with Gasteiger partial charge < -0.3 is 15.8 Å². The molecule has 0 radical (unpaired) electrons. The first-order valence-corrected chi connectivity index (χ1v) is 8.26. The molecule has 2 atom stereocenters. The molecule has 0 aromatic heterocycles. The van der Waals surface area contributed by atoms with Gasteiger partial charge in [0.2, 0.25) is 5.91 Å². The predicted molar refractivity (Wildman–Crippen MR) is 97.1 cm³/mol. The number of carbonyl (C=O) groups is 1. The summed E-state index contributed by atoms with van der Waals surface area (Å²) in [5.74, 6) is 0.726. The van der Waals surface area contributed by atoms with E-state index in [2.05, 4.69) is 5.32 Å². The zero-order valence-electron chi connectivity index (χ0n) is 14.6. The Kier molecular flexibility index (Phi) is 6.38. The minimum absolute atomic E-state index is 0.113. The third kappa shape index (κ3) is 5.10. The lowest BCUT2D eigenvalue weighted by Crippen LogP contribution is -2.47. The van der Waals surface area contributed by atoms with Crippen molar-refractivity contribution in [1.82, 2.24) is 5.32 Å². The van der Waals surface area contributed by atoms with Gasteiger partial charge in [0.05, 0.1) is 12.1 Å². The largest absolute Gasteiger partial charge is 0.491 e. The SMILES string of the molecule is Cc1cccc(C)c1OCC(C)NC(=O)[C@@H](N)Cc1ccccc1. The van der Waals surface area contributed by atoms with Gasteiger partial charge in [0.25, 0.3) is 0 Å². The molecule has 4 nitrogen and oxygen atoms in total. The van der Waals surface area contributed by atoms with Crippen LogP contribution in [0.5, 0.6) is 5.75 Å². The Hall–Kier alpha value is -2.33. The van der Waals surface area contributed by atoms with Crippen molar-refractivity contribution in [2.75, 3.05) is 6.61 Å². The van der Waals surface area contributed by atoms with E-state index in [1.165, 1.54) is 0 Å². The lowest BCUT2D eigenvalue weighted by molar-refractivity contribution is -0.123. The van der Waals surface area contributed by atoms with Crippen LogP contribution in [0, 0.1) is 13.8 Å². The summed E-state index contributed by atoms with van der Waals surface area (Å²) in [6.07, 6.45) is 0.525. The molecule has 2 aromatic carbocycles. The van der Waals surface area contributed by atoms with Crippen molar-refractivity contribution in [3.8, 4) is 5.75 Å². The van der Waals surface area contributed by atoms with E-state index in [1.54, 1.807) is 0 Å². The van der Waals surface area contributed by atoms with Crippen LogP contribution in [-0.4, -0.2) is 24.6 Å². The Balaban J connectivity index is 1.83. The van der Waals surface area contributed by atoms with Crippen molar-refractivity contribution < 1.29 is 9.53 Å². The van der Waals surface area contributed by atoms with Crippen LogP contribution in [0.25, 0.3) is 0 Å². The molecule has 0 saturated heterocycles. The second kappa shape index (κ2) is 8.50. The second-order valence-corrected chi connectivity index (χ2v) is 6.24. The first-order valence-electron chi connectivity index (χ1n) is 8.26. The summed E-state index contributed by atoms with van der Waals surface area (Å²) in [6.45, 7) is 6.36. The molecule has 128 valence electrons. The van der Waals surface area contributed by atoms with Gasteiger partial charge in [-0.15, -0.1) is 0 Å². The number of para-hydroxylation sites is 1. The maximum atomic E-state index is 12.2. The van der Waals surface area contributed by atoms with Gasteiger partial charge in [-0.1, -0.05) is 48.5 Å². The molecule has 0 aliphatic heterocycles. The monoisotopic (exact) mass is 326 g/mol. The highest BCUT2D eigenvalue weighted by Gasteiger charge is 2.17. The highest BCUT2D eigenvalue weighted by molar-refractivity contribution is 5.82. The van der Waals surface area contributed by atoms with Crippen molar-refractivity contribution in [2.24, 2.45) is 5.73 Å². The van der Waals surface area contributed by atoms with Crippen LogP contribution in [0.3, 0.4) is 0 Å². The molecule has 0 bridgehead atoms. The molecule has 2 rings (SSSR count). The van der Waals surface area contributed by atoms with Gasteiger partial charge in [0.15, 0.2) is 0 Å². The number of rotatable bonds is 7. The fourth-order valence-electron chi connectivity index (χ4n) is 2.59. The third-order valence-corrected chi connectivity index (χ3v) is 3.91. The van der Waals surface area contributed by atoms with E-state index in [-0.39, 0.29) is 11.9 Å². The summed E-state index contributed by atoms with van der Waals surface area (Å²) in [5.41, 5.74) is 9.24. The standard InChI is InChI=1S/C20H26N2O2/c1-14-8-7-9-15(2)19(14)24-13-16(3)22-20(23)18(21)12-17-10-5-4-6-11-17/h4-11,16,18H,12-13,21H2,1-3H3,(H,22,23)/t16?,18-/m0/s1. The minimum atomic E-state index is -0.560. The molecule has 0 fully saturated rings. The van der Waals surface area contributed by atoms with E-state index in [1.807, 2.05) is 69.3 Å². The lowest BCUT2D eigenvalue weighted by atomic mass is 10.1. The molecule has 4 heteroatoms. The predicted octanol–water partition coefficient (Wildman–Crippen LogP) is 2.76. The van der Waals surface area contributed by atoms with Crippen molar-refractivity contribution in [1.29, 1.82) is 0 Å². The summed E-state index contributed by atoms with van der Waals surface area (Å²) in [4.78, 5) is 12.2. The van der Waals surface area contributed by atoms with E-state index in [9.17, 15) is 4.79 Å². The van der Waals surface area contributed by atoms with Gasteiger partial charge >= 0.3 is 0 Å². The van der Waals surface area contributed by atoms with E-state index >= 15 is 0 Å². The molecule has 0 heterocycles. The normalized spacial score (nSPS) is 13.2. The fourth-order valence-corrected chi connectivity index (χ4v) is 2.59. The number of nitrogens with two attached hydrogens (primary N) is 1. The molecule has 1 unspecified atom stereocenters. The molecule has 24 heavy (non-hydrogen) atoms. The van der Waals surface area contributed by atoms with Crippen LogP contribution in [0.1, 0.15) is 23.6 Å². The van der Waals surface area contributed by atoms with Gasteiger partial charge in [0.1, 0.15) is 12.4 Å². The summed E-state index contributed by atoms with van der Waals surface area (Å²) in [7, 11) is 0. The van der Waals surface area contributed by atoms with Crippen molar-refractivity contribution >= 4 is 5.91 Å². The molecular formula is C20H26N2O2. The smallest absolute Gasteiger partial charge is 0.237 e. The second-order valence-electron chi connectivity index (χ2n) is 6.24. The Labute approximate surface area is 144 Å². The van der Waals surface area contributed by atoms with Crippen LogP contribution in [0.2, 0.25) is 0 Å². The van der Waals surface area contributed by atoms with Gasteiger partial charge in [-0.05, 0) is 43.9 Å². The Morgan fingerprint density at radius 3 is 2.33 bits per heavy atom. The van der Waals surface area contributed by atoms with Gasteiger partial charge in [-0.25, -0.2) is 0 Å². The molecule has 3 N–H and O–H groups in total. The van der Waals surface area contributed by atoms with E-state index in [4.69, 9.17) is 10.5 Å². The van der Waals surface area contributed by atoms with Crippen LogP contribution >= 0.6 is 0 Å². The number of aryl methyl sites for hydroxylation is 2. The maximum Gasteiger partial charge on any atom is 0.237 e. The number of benzene rings is 2. The zero-order valence-corrected chi connectivity index (χ0v) is 14.6. The number of ether oxygens (including phenoxy) is 1. The van der Waals surface area contributed by atoms with Crippen molar-refractivity contribution in [3.05, 3.63) is 65.2 Å².